The van der Waals surface area contributed by atoms with E-state index in [1.54, 1.807) is 21.3 Å². The standard InChI is InChI=1S/C14H21NO3/c1-16-12-7-10-6-9(8-15)4-5-11(10)13(17-2)14(12)18-3/h7,9H,4-6,8,15H2,1-3H3. The van der Waals surface area contributed by atoms with Gasteiger partial charge in [0.15, 0.2) is 11.5 Å². The zero-order chi connectivity index (χ0) is 13.1. The highest BCUT2D eigenvalue weighted by Gasteiger charge is 2.25. The fraction of sp³-hybridized carbons (Fsp3) is 0.571. The van der Waals surface area contributed by atoms with E-state index < -0.39 is 0 Å². The Morgan fingerprint density at radius 1 is 1.17 bits per heavy atom. The Kier molecular flexibility index (Phi) is 3.97. The Bertz CT molecular complexity index is 432. The molecule has 0 saturated carbocycles. The van der Waals surface area contributed by atoms with Crippen molar-refractivity contribution in [3.63, 3.8) is 0 Å². The second kappa shape index (κ2) is 5.48. The van der Waals surface area contributed by atoms with E-state index in [1.165, 1.54) is 11.1 Å². The molecule has 0 amide bonds. The molecule has 1 unspecified atom stereocenters. The molecule has 0 saturated heterocycles. The molecule has 1 aromatic rings. The maximum atomic E-state index is 5.77. The van der Waals surface area contributed by atoms with Crippen molar-refractivity contribution >= 4 is 0 Å². The van der Waals surface area contributed by atoms with Crippen molar-refractivity contribution in [3.05, 3.63) is 17.2 Å². The zero-order valence-electron chi connectivity index (χ0n) is 11.3. The van der Waals surface area contributed by atoms with Crippen LogP contribution in [-0.2, 0) is 12.8 Å². The van der Waals surface area contributed by atoms with Gasteiger partial charge in [0.1, 0.15) is 0 Å². The molecular formula is C14H21NO3. The van der Waals surface area contributed by atoms with Crippen LogP contribution in [-0.4, -0.2) is 27.9 Å². The van der Waals surface area contributed by atoms with Gasteiger partial charge in [-0.25, -0.2) is 0 Å². The number of benzene rings is 1. The van der Waals surface area contributed by atoms with E-state index in [-0.39, 0.29) is 0 Å². The van der Waals surface area contributed by atoms with Gasteiger partial charge in [-0.2, -0.15) is 0 Å². The van der Waals surface area contributed by atoms with Crippen molar-refractivity contribution in [1.82, 2.24) is 0 Å². The summed E-state index contributed by atoms with van der Waals surface area (Å²) in [7, 11) is 4.96. The molecule has 1 atom stereocenters. The lowest BCUT2D eigenvalue weighted by Gasteiger charge is -2.27. The van der Waals surface area contributed by atoms with E-state index in [0.717, 1.165) is 37.3 Å². The lowest BCUT2D eigenvalue weighted by molar-refractivity contribution is 0.317. The van der Waals surface area contributed by atoms with Gasteiger partial charge < -0.3 is 19.9 Å². The molecule has 2 N–H and O–H groups in total. The van der Waals surface area contributed by atoms with E-state index in [0.29, 0.717) is 11.7 Å². The molecule has 0 radical (unpaired) electrons. The van der Waals surface area contributed by atoms with Crippen LogP contribution >= 0.6 is 0 Å². The van der Waals surface area contributed by atoms with E-state index >= 15 is 0 Å². The molecule has 0 spiro atoms. The second-order valence-electron chi connectivity index (χ2n) is 4.63. The predicted molar refractivity (Wildman–Crippen MR) is 70.7 cm³/mol. The molecule has 18 heavy (non-hydrogen) atoms. The van der Waals surface area contributed by atoms with Crippen LogP contribution in [0.2, 0.25) is 0 Å². The summed E-state index contributed by atoms with van der Waals surface area (Å²) >= 11 is 0. The first kappa shape index (κ1) is 13.0. The first-order valence-electron chi connectivity index (χ1n) is 6.25. The first-order valence-corrected chi connectivity index (χ1v) is 6.25. The fourth-order valence-electron chi connectivity index (χ4n) is 2.69. The van der Waals surface area contributed by atoms with Crippen molar-refractivity contribution in [3.8, 4) is 17.2 Å². The molecule has 0 aromatic heterocycles. The number of fused-ring (bicyclic) bond motifs is 1. The molecule has 1 aliphatic rings. The molecule has 0 heterocycles. The number of ether oxygens (including phenoxy) is 3. The lowest BCUT2D eigenvalue weighted by atomic mass is 9.83. The monoisotopic (exact) mass is 251 g/mol. The predicted octanol–water partition coefficient (Wildman–Crippen LogP) is 1.78. The van der Waals surface area contributed by atoms with Crippen LogP contribution < -0.4 is 19.9 Å². The summed E-state index contributed by atoms with van der Waals surface area (Å²) in [6, 6.07) is 2.05. The summed E-state index contributed by atoms with van der Waals surface area (Å²) in [6.07, 6.45) is 3.08. The van der Waals surface area contributed by atoms with Crippen LogP contribution in [0.1, 0.15) is 17.5 Å². The molecule has 4 nitrogen and oxygen atoms in total. The van der Waals surface area contributed by atoms with Crippen LogP contribution in [0.5, 0.6) is 17.2 Å². The van der Waals surface area contributed by atoms with Crippen molar-refractivity contribution in [2.45, 2.75) is 19.3 Å². The highest BCUT2D eigenvalue weighted by atomic mass is 16.5. The molecule has 1 aliphatic carbocycles. The summed E-state index contributed by atoms with van der Waals surface area (Å²) in [4.78, 5) is 0. The quantitative estimate of drug-likeness (QED) is 0.886. The molecule has 1 aromatic carbocycles. The summed E-state index contributed by atoms with van der Waals surface area (Å²) in [5.74, 6) is 2.78. The summed E-state index contributed by atoms with van der Waals surface area (Å²) in [5.41, 5.74) is 8.28. The Hall–Kier alpha value is -1.42. The minimum Gasteiger partial charge on any atom is -0.493 e. The molecule has 2 rings (SSSR count). The normalized spacial score (nSPS) is 18.1. The van der Waals surface area contributed by atoms with Gasteiger partial charge in [-0.15, -0.1) is 0 Å². The van der Waals surface area contributed by atoms with Crippen molar-refractivity contribution in [1.29, 1.82) is 0 Å². The highest BCUT2D eigenvalue weighted by Crippen LogP contribution is 2.44. The maximum absolute atomic E-state index is 5.77. The Morgan fingerprint density at radius 3 is 2.44 bits per heavy atom. The van der Waals surface area contributed by atoms with Gasteiger partial charge in [0.05, 0.1) is 21.3 Å². The molecule has 0 aliphatic heterocycles. The molecular weight excluding hydrogens is 230 g/mol. The van der Waals surface area contributed by atoms with E-state index in [4.69, 9.17) is 19.9 Å². The van der Waals surface area contributed by atoms with Gasteiger partial charge in [-0.1, -0.05) is 0 Å². The summed E-state index contributed by atoms with van der Waals surface area (Å²) < 4.78 is 16.3. The highest BCUT2D eigenvalue weighted by molar-refractivity contribution is 5.59. The van der Waals surface area contributed by atoms with Gasteiger partial charge in [0.25, 0.3) is 0 Å². The lowest BCUT2D eigenvalue weighted by Crippen LogP contribution is -2.22. The SMILES string of the molecule is COc1cc2c(c(OC)c1OC)CCC(CN)C2. The summed E-state index contributed by atoms with van der Waals surface area (Å²) in [5, 5.41) is 0. The number of hydrogen-bond acceptors (Lipinski definition) is 4. The van der Waals surface area contributed by atoms with Gasteiger partial charge in [0, 0.05) is 5.56 Å². The Morgan fingerprint density at radius 2 is 1.89 bits per heavy atom. The minimum atomic E-state index is 0.556. The van der Waals surface area contributed by atoms with Crippen molar-refractivity contribution in [2.75, 3.05) is 27.9 Å². The topological polar surface area (TPSA) is 53.7 Å². The molecule has 0 bridgehead atoms. The zero-order valence-corrected chi connectivity index (χ0v) is 11.3. The minimum absolute atomic E-state index is 0.556. The van der Waals surface area contributed by atoms with Crippen LogP contribution in [0.15, 0.2) is 6.07 Å². The number of rotatable bonds is 4. The largest absolute Gasteiger partial charge is 0.493 e. The molecule has 0 fully saturated rings. The third-order valence-electron chi connectivity index (χ3n) is 3.67. The van der Waals surface area contributed by atoms with Crippen LogP contribution in [0, 0.1) is 5.92 Å². The van der Waals surface area contributed by atoms with Gasteiger partial charge in [-0.3, -0.25) is 0 Å². The average molecular weight is 251 g/mol. The van der Waals surface area contributed by atoms with Crippen molar-refractivity contribution < 1.29 is 14.2 Å². The third kappa shape index (κ3) is 2.12. The van der Waals surface area contributed by atoms with Crippen LogP contribution in [0.4, 0.5) is 0 Å². The fourth-order valence-corrected chi connectivity index (χ4v) is 2.69. The third-order valence-corrected chi connectivity index (χ3v) is 3.67. The number of nitrogens with two attached hydrogens (primary N) is 1. The Labute approximate surface area is 108 Å². The second-order valence-corrected chi connectivity index (χ2v) is 4.63. The van der Waals surface area contributed by atoms with Crippen LogP contribution in [0.25, 0.3) is 0 Å². The van der Waals surface area contributed by atoms with Gasteiger partial charge in [-0.05, 0) is 43.4 Å². The van der Waals surface area contributed by atoms with E-state index in [2.05, 4.69) is 6.07 Å². The average Bonchev–Trinajstić information content (AvgIpc) is 2.44. The van der Waals surface area contributed by atoms with Gasteiger partial charge in [0.2, 0.25) is 5.75 Å². The van der Waals surface area contributed by atoms with E-state index in [9.17, 15) is 0 Å². The Balaban J connectivity index is 2.50. The number of methoxy groups -OCH3 is 3. The molecule has 100 valence electrons. The van der Waals surface area contributed by atoms with Crippen LogP contribution in [0.3, 0.4) is 0 Å². The maximum Gasteiger partial charge on any atom is 0.203 e. The number of hydrogen-bond donors (Lipinski definition) is 1. The van der Waals surface area contributed by atoms with Crippen molar-refractivity contribution in [2.24, 2.45) is 11.7 Å². The smallest absolute Gasteiger partial charge is 0.203 e. The van der Waals surface area contributed by atoms with E-state index in [1.807, 2.05) is 0 Å². The molecule has 4 heteroatoms. The summed E-state index contributed by atoms with van der Waals surface area (Å²) in [6.45, 7) is 0.732. The first-order chi connectivity index (χ1) is 8.74. The van der Waals surface area contributed by atoms with Gasteiger partial charge >= 0.3 is 0 Å².